The third-order valence-electron chi connectivity index (χ3n) is 4.35. The van der Waals surface area contributed by atoms with Crippen molar-refractivity contribution in [3.05, 3.63) is 42.5 Å². The minimum absolute atomic E-state index is 0.0521. The molecule has 0 aliphatic rings. The van der Waals surface area contributed by atoms with E-state index >= 15 is 0 Å². The molecule has 7 nitrogen and oxygen atoms in total. The normalized spacial score (nSPS) is 12.5. The number of imide groups is 1. The Bertz CT molecular complexity index is 897. The summed E-state index contributed by atoms with van der Waals surface area (Å²) in [6.45, 7) is 16.2. The van der Waals surface area contributed by atoms with Gasteiger partial charge >= 0.3 is 6.03 Å². The van der Waals surface area contributed by atoms with Gasteiger partial charge in [0.25, 0.3) is 0 Å². The van der Waals surface area contributed by atoms with Crippen LogP contribution in [0.5, 0.6) is 0 Å². The number of aromatic nitrogens is 3. The lowest BCUT2D eigenvalue weighted by Gasteiger charge is -2.19. The Morgan fingerprint density at radius 2 is 1.80 bits per heavy atom. The molecule has 2 N–H and O–H groups in total. The average molecular weight is 430 g/mol. The molecule has 1 heterocycles. The molecule has 1 aromatic carbocycles. The summed E-state index contributed by atoms with van der Waals surface area (Å²) in [4.78, 5) is 24.1. The molecule has 0 saturated heterocycles. The first-order chi connectivity index (χ1) is 14.0. The predicted octanol–water partition coefficient (Wildman–Crippen LogP) is 4.14. The topological polar surface area (TPSA) is 88.9 Å². The SMILES string of the molecule is C=CCn1c(S[C@H](C)C(=O)NC(=O)NC(C)C)nnc1-c1ccc(C(C)(C)C)cc1. The first kappa shape index (κ1) is 23.7. The quantitative estimate of drug-likeness (QED) is 0.510. The molecule has 162 valence electrons. The third kappa shape index (κ3) is 6.19. The van der Waals surface area contributed by atoms with Gasteiger partial charge in [-0.2, -0.15) is 0 Å². The molecule has 0 aliphatic carbocycles. The second-order valence-electron chi connectivity index (χ2n) is 8.41. The summed E-state index contributed by atoms with van der Waals surface area (Å²) in [7, 11) is 0. The predicted molar refractivity (Wildman–Crippen MR) is 121 cm³/mol. The highest BCUT2D eigenvalue weighted by molar-refractivity contribution is 8.00. The zero-order chi connectivity index (χ0) is 22.5. The molecule has 0 spiro atoms. The fourth-order valence-electron chi connectivity index (χ4n) is 2.73. The van der Waals surface area contributed by atoms with E-state index in [0.717, 1.165) is 5.56 Å². The number of amides is 3. The van der Waals surface area contributed by atoms with E-state index in [0.29, 0.717) is 17.5 Å². The lowest BCUT2D eigenvalue weighted by Crippen LogP contribution is -2.45. The highest BCUT2D eigenvalue weighted by Gasteiger charge is 2.22. The summed E-state index contributed by atoms with van der Waals surface area (Å²) in [6, 6.07) is 7.70. The number of carbonyl (C=O) groups is 2. The monoisotopic (exact) mass is 429 g/mol. The van der Waals surface area contributed by atoms with Crippen molar-refractivity contribution in [2.24, 2.45) is 0 Å². The highest BCUT2D eigenvalue weighted by Crippen LogP contribution is 2.29. The molecule has 2 aromatic rings. The van der Waals surface area contributed by atoms with Crippen LogP contribution in [0.3, 0.4) is 0 Å². The van der Waals surface area contributed by atoms with Gasteiger partial charge in [-0.3, -0.25) is 14.7 Å². The molecule has 0 aliphatic heterocycles. The zero-order valence-corrected chi connectivity index (χ0v) is 19.3. The van der Waals surface area contributed by atoms with E-state index in [9.17, 15) is 9.59 Å². The number of hydrogen-bond donors (Lipinski definition) is 2. The number of benzene rings is 1. The van der Waals surface area contributed by atoms with Crippen LogP contribution in [0.25, 0.3) is 11.4 Å². The minimum atomic E-state index is -0.521. The Hall–Kier alpha value is -2.61. The molecule has 0 unspecified atom stereocenters. The van der Waals surface area contributed by atoms with Gasteiger partial charge in [0.2, 0.25) is 5.91 Å². The summed E-state index contributed by atoms with van der Waals surface area (Å²) in [5.41, 5.74) is 2.25. The van der Waals surface area contributed by atoms with E-state index < -0.39 is 11.3 Å². The maximum absolute atomic E-state index is 12.3. The van der Waals surface area contributed by atoms with Gasteiger partial charge in [-0.15, -0.1) is 16.8 Å². The maximum atomic E-state index is 12.3. The van der Waals surface area contributed by atoms with Crippen LogP contribution in [0.2, 0.25) is 0 Å². The van der Waals surface area contributed by atoms with Crippen LogP contribution in [0.1, 0.15) is 47.1 Å². The van der Waals surface area contributed by atoms with Crippen molar-refractivity contribution in [2.45, 2.75) is 70.0 Å². The van der Waals surface area contributed by atoms with Crippen LogP contribution >= 0.6 is 11.8 Å². The number of carbonyl (C=O) groups excluding carboxylic acids is 2. The van der Waals surface area contributed by atoms with E-state index in [-0.39, 0.29) is 17.4 Å². The number of nitrogens with one attached hydrogen (secondary N) is 2. The minimum Gasteiger partial charge on any atom is -0.336 e. The van der Waals surface area contributed by atoms with Crippen LogP contribution in [0.15, 0.2) is 42.1 Å². The lowest BCUT2D eigenvalue weighted by atomic mass is 9.87. The van der Waals surface area contributed by atoms with E-state index in [1.165, 1.54) is 17.3 Å². The summed E-state index contributed by atoms with van der Waals surface area (Å²) in [6.07, 6.45) is 1.77. The van der Waals surface area contributed by atoms with Gasteiger partial charge in [-0.1, -0.05) is 62.9 Å². The summed E-state index contributed by atoms with van der Waals surface area (Å²) in [5.74, 6) is 0.324. The fourth-order valence-corrected chi connectivity index (χ4v) is 3.58. The summed E-state index contributed by atoms with van der Waals surface area (Å²) >= 11 is 1.25. The average Bonchev–Trinajstić information content (AvgIpc) is 3.03. The van der Waals surface area contributed by atoms with Crippen molar-refractivity contribution < 1.29 is 9.59 Å². The Morgan fingerprint density at radius 3 is 2.33 bits per heavy atom. The van der Waals surface area contributed by atoms with Crippen molar-refractivity contribution in [3.63, 3.8) is 0 Å². The molecular weight excluding hydrogens is 398 g/mol. The van der Waals surface area contributed by atoms with Gasteiger partial charge in [0, 0.05) is 18.2 Å². The molecule has 3 amide bonds. The van der Waals surface area contributed by atoms with Gasteiger partial charge < -0.3 is 5.32 Å². The van der Waals surface area contributed by atoms with Crippen molar-refractivity contribution in [1.29, 1.82) is 0 Å². The second kappa shape index (κ2) is 9.93. The Labute approximate surface area is 182 Å². The molecule has 0 bridgehead atoms. The van der Waals surface area contributed by atoms with Crippen molar-refractivity contribution in [3.8, 4) is 11.4 Å². The van der Waals surface area contributed by atoms with Crippen LogP contribution < -0.4 is 10.6 Å². The van der Waals surface area contributed by atoms with Crippen LogP contribution in [0, 0.1) is 0 Å². The second-order valence-corrected chi connectivity index (χ2v) is 9.72. The van der Waals surface area contributed by atoms with Gasteiger partial charge in [0.15, 0.2) is 11.0 Å². The van der Waals surface area contributed by atoms with Crippen LogP contribution in [-0.4, -0.2) is 38.0 Å². The zero-order valence-electron chi connectivity index (χ0n) is 18.5. The molecule has 8 heteroatoms. The van der Waals surface area contributed by atoms with E-state index in [1.807, 2.05) is 30.5 Å². The van der Waals surface area contributed by atoms with E-state index in [4.69, 9.17) is 0 Å². The van der Waals surface area contributed by atoms with Crippen LogP contribution in [0.4, 0.5) is 4.79 Å². The van der Waals surface area contributed by atoms with Crippen LogP contribution in [-0.2, 0) is 16.8 Å². The summed E-state index contributed by atoms with van der Waals surface area (Å²) < 4.78 is 1.92. The smallest absolute Gasteiger partial charge is 0.321 e. The first-order valence-corrected chi connectivity index (χ1v) is 10.8. The Balaban J connectivity index is 2.20. The molecule has 0 saturated carbocycles. The third-order valence-corrected chi connectivity index (χ3v) is 5.43. The number of allylic oxidation sites excluding steroid dienone is 1. The summed E-state index contributed by atoms with van der Waals surface area (Å²) in [5, 5.41) is 13.7. The van der Waals surface area contributed by atoms with E-state index in [2.05, 4.69) is 60.3 Å². The molecule has 1 atom stereocenters. The van der Waals surface area contributed by atoms with Gasteiger partial charge in [0.05, 0.1) is 5.25 Å². The number of hydrogen-bond acceptors (Lipinski definition) is 5. The Kier molecular flexibility index (Phi) is 7.83. The van der Waals surface area contributed by atoms with Gasteiger partial charge in [0.1, 0.15) is 0 Å². The molecule has 0 fully saturated rings. The number of nitrogens with zero attached hydrogens (tertiary/aromatic N) is 3. The van der Waals surface area contributed by atoms with Gasteiger partial charge in [-0.25, -0.2) is 4.79 Å². The maximum Gasteiger partial charge on any atom is 0.321 e. The molecule has 30 heavy (non-hydrogen) atoms. The number of rotatable bonds is 7. The molecular formula is C22H31N5O2S. The fraction of sp³-hybridized carbons (Fsp3) is 0.455. The highest BCUT2D eigenvalue weighted by atomic mass is 32.2. The van der Waals surface area contributed by atoms with Crippen molar-refractivity contribution in [1.82, 2.24) is 25.4 Å². The number of thioether (sulfide) groups is 1. The Morgan fingerprint density at radius 1 is 1.17 bits per heavy atom. The van der Waals surface area contributed by atoms with Crippen molar-refractivity contribution >= 4 is 23.7 Å². The van der Waals surface area contributed by atoms with Crippen molar-refractivity contribution in [2.75, 3.05) is 0 Å². The molecule has 1 aromatic heterocycles. The lowest BCUT2D eigenvalue weighted by molar-refractivity contribution is -0.119. The molecule has 2 rings (SSSR count). The van der Waals surface area contributed by atoms with E-state index in [1.54, 1.807) is 13.0 Å². The first-order valence-electron chi connectivity index (χ1n) is 9.96. The molecule has 0 radical (unpaired) electrons. The standard InChI is InChI=1S/C22H31N5O2S/c1-8-13-27-18(16-9-11-17(12-10-16)22(5,6)7)25-26-21(27)30-15(4)19(28)24-20(29)23-14(2)3/h8-12,14-15H,1,13H2,2-7H3,(H2,23,24,28,29)/t15-/m1/s1. The number of urea groups is 1. The van der Waals surface area contributed by atoms with Gasteiger partial charge in [-0.05, 0) is 31.7 Å². The largest absolute Gasteiger partial charge is 0.336 e.